The number of benzene rings is 1. The molecule has 0 spiro atoms. The van der Waals surface area contributed by atoms with Crippen LogP contribution in [0.4, 0.5) is 0 Å². The van der Waals surface area contributed by atoms with Gasteiger partial charge in [-0.3, -0.25) is 0 Å². The number of fused-ring (bicyclic) bond motifs is 2. The number of nitrogens with zero attached hydrogens (tertiary/aromatic N) is 1. The molecule has 2 saturated heterocycles. The van der Waals surface area contributed by atoms with Crippen LogP contribution in [0.2, 0.25) is 0 Å². The van der Waals surface area contributed by atoms with E-state index in [1.807, 2.05) is 30.3 Å². The van der Waals surface area contributed by atoms with Crippen LogP contribution in [-0.2, 0) is 16.4 Å². The van der Waals surface area contributed by atoms with Gasteiger partial charge in [-0.15, -0.1) is 12.4 Å². The van der Waals surface area contributed by atoms with Gasteiger partial charge in [0.25, 0.3) is 0 Å². The maximum Gasteiger partial charge on any atom is 0.214 e. The number of nitrogens with one attached hydrogen (secondary N) is 1. The van der Waals surface area contributed by atoms with E-state index in [9.17, 15) is 8.42 Å². The largest absolute Gasteiger partial charge is 0.310 e. The van der Waals surface area contributed by atoms with Gasteiger partial charge in [0.05, 0.1) is 5.75 Å². The van der Waals surface area contributed by atoms with Gasteiger partial charge in [-0.25, -0.2) is 12.7 Å². The van der Waals surface area contributed by atoms with Crippen molar-refractivity contribution in [1.82, 2.24) is 9.62 Å². The Balaban J connectivity index is 0.00000161. The minimum Gasteiger partial charge on any atom is -0.310 e. The summed E-state index contributed by atoms with van der Waals surface area (Å²) < 4.78 is 26.7. The number of hydrogen-bond acceptors (Lipinski definition) is 3. The van der Waals surface area contributed by atoms with Crippen LogP contribution in [-0.4, -0.2) is 43.6 Å². The summed E-state index contributed by atoms with van der Waals surface area (Å²) in [6, 6.07) is 10.7. The molecule has 2 bridgehead atoms. The smallest absolute Gasteiger partial charge is 0.214 e. The third-order valence-corrected chi connectivity index (χ3v) is 6.21. The van der Waals surface area contributed by atoms with Crippen LogP contribution in [0.15, 0.2) is 30.3 Å². The first-order valence-electron chi connectivity index (χ1n) is 7.41. The molecule has 0 aromatic heterocycles. The third kappa shape index (κ3) is 4.19. The van der Waals surface area contributed by atoms with E-state index in [0.29, 0.717) is 31.6 Å². The van der Waals surface area contributed by atoms with Gasteiger partial charge >= 0.3 is 0 Å². The van der Waals surface area contributed by atoms with Crippen LogP contribution in [0.3, 0.4) is 0 Å². The molecule has 118 valence electrons. The zero-order valence-electron chi connectivity index (χ0n) is 12.1. The monoisotopic (exact) mass is 330 g/mol. The molecular formula is C15H23ClN2O2S. The molecule has 0 amide bonds. The van der Waals surface area contributed by atoms with Crippen molar-refractivity contribution in [2.45, 2.75) is 37.8 Å². The summed E-state index contributed by atoms with van der Waals surface area (Å²) in [5.41, 5.74) is 1.09. The molecule has 1 aromatic carbocycles. The van der Waals surface area contributed by atoms with Gasteiger partial charge in [0, 0.05) is 25.2 Å². The molecule has 2 atom stereocenters. The van der Waals surface area contributed by atoms with Crippen molar-refractivity contribution >= 4 is 22.4 Å². The summed E-state index contributed by atoms with van der Waals surface area (Å²) in [5, 5.41) is 3.52. The van der Waals surface area contributed by atoms with E-state index in [1.165, 1.54) is 6.42 Å². The normalized spacial score (nSPS) is 26.1. The minimum absolute atomic E-state index is 0. The highest BCUT2D eigenvalue weighted by molar-refractivity contribution is 7.89. The van der Waals surface area contributed by atoms with Crippen molar-refractivity contribution in [3.05, 3.63) is 35.9 Å². The summed E-state index contributed by atoms with van der Waals surface area (Å²) >= 11 is 0. The molecule has 0 radical (unpaired) electrons. The van der Waals surface area contributed by atoms with E-state index >= 15 is 0 Å². The molecule has 2 fully saturated rings. The molecule has 2 unspecified atom stereocenters. The maximum atomic E-state index is 12.5. The van der Waals surface area contributed by atoms with Gasteiger partial charge in [-0.1, -0.05) is 30.3 Å². The lowest BCUT2D eigenvalue weighted by molar-refractivity contribution is 0.383. The van der Waals surface area contributed by atoms with Gasteiger partial charge in [0.15, 0.2) is 0 Å². The van der Waals surface area contributed by atoms with Crippen molar-refractivity contribution in [2.24, 2.45) is 0 Å². The van der Waals surface area contributed by atoms with E-state index in [-0.39, 0.29) is 18.2 Å². The molecule has 1 N–H and O–H groups in total. The summed E-state index contributed by atoms with van der Waals surface area (Å²) in [4.78, 5) is 0. The number of aryl methyl sites for hydroxylation is 1. The highest BCUT2D eigenvalue weighted by Crippen LogP contribution is 2.22. The average molecular weight is 331 g/mol. The Bertz CT molecular complexity index is 550. The van der Waals surface area contributed by atoms with E-state index in [4.69, 9.17) is 0 Å². The van der Waals surface area contributed by atoms with Crippen molar-refractivity contribution in [3.8, 4) is 0 Å². The van der Waals surface area contributed by atoms with Gasteiger partial charge < -0.3 is 5.32 Å². The maximum absolute atomic E-state index is 12.5. The van der Waals surface area contributed by atoms with Crippen molar-refractivity contribution in [3.63, 3.8) is 0 Å². The Morgan fingerprint density at radius 1 is 1.10 bits per heavy atom. The van der Waals surface area contributed by atoms with E-state index < -0.39 is 10.0 Å². The van der Waals surface area contributed by atoms with Crippen LogP contribution in [0.25, 0.3) is 0 Å². The zero-order chi connectivity index (χ0) is 14.0. The lowest BCUT2D eigenvalue weighted by Crippen LogP contribution is -2.40. The molecule has 21 heavy (non-hydrogen) atoms. The second kappa shape index (κ2) is 7.09. The molecule has 0 aliphatic carbocycles. The van der Waals surface area contributed by atoms with Gasteiger partial charge in [-0.2, -0.15) is 0 Å². The molecule has 1 aromatic rings. The van der Waals surface area contributed by atoms with Crippen LogP contribution >= 0.6 is 12.4 Å². The highest BCUT2D eigenvalue weighted by atomic mass is 35.5. The number of hydrogen-bond donors (Lipinski definition) is 1. The summed E-state index contributed by atoms with van der Waals surface area (Å²) in [6.45, 7) is 1.32. The van der Waals surface area contributed by atoms with E-state index in [2.05, 4.69) is 5.32 Å². The third-order valence-electron chi connectivity index (χ3n) is 4.37. The fraction of sp³-hybridized carbons (Fsp3) is 0.600. The number of halogens is 1. The Hall–Kier alpha value is -0.620. The van der Waals surface area contributed by atoms with Crippen LogP contribution in [0.1, 0.15) is 24.8 Å². The van der Waals surface area contributed by atoms with E-state index in [0.717, 1.165) is 18.4 Å². The average Bonchev–Trinajstić information content (AvgIpc) is 2.76. The lowest BCUT2D eigenvalue weighted by Gasteiger charge is -2.23. The van der Waals surface area contributed by atoms with E-state index in [1.54, 1.807) is 4.31 Å². The molecule has 0 saturated carbocycles. The molecule has 2 aliphatic heterocycles. The zero-order valence-corrected chi connectivity index (χ0v) is 13.7. The van der Waals surface area contributed by atoms with Gasteiger partial charge in [0.2, 0.25) is 10.0 Å². The van der Waals surface area contributed by atoms with Gasteiger partial charge in [0.1, 0.15) is 0 Å². The fourth-order valence-electron chi connectivity index (χ4n) is 3.18. The quantitative estimate of drug-likeness (QED) is 0.916. The first-order chi connectivity index (χ1) is 9.63. The van der Waals surface area contributed by atoms with Crippen LogP contribution < -0.4 is 5.32 Å². The summed E-state index contributed by atoms with van der Waals surface area (Å²) in [6.07, 6.45) is 3.85. The fourth-order valence-corrected chi connectivity index (χ4v) is 4.73. The van der Waals surface area contributed by atoms with Crippen LogP contribution in [0, 0.1) is 0 Å². The van der Waals surface area contributed by atoms with Crippen molar-refractivity contribution in [1.29, 1.82) is 0 Å². The second-order valence-corrected chi connectivity index (χ2v) is 7.92. The Kier molecular flexibility index (Phi) is 5.66. The first-order valence-corrected chi connectivity index (χ1v) is 9.02. The summed E-state index contributed by atoms with van der Waals surface area (Å²) in [7, 11) is -3.13. The second-order valence-electron chi connectivity index (χ2n) is 5.84. The van der Waals surface area contributed by atoms with Crippen LogP contribution in [0.5, 0.6) is 0 Å². The molecule has 6 heteroatoms. The number of sulfonamides is 1. The number of rotatable bonds is 4. The lowest BCUT2D eigenvalue weighted by atomic mass is 10.1. The molecule has 4 nitrogen and oxygen atoms in total. The predicted octanol–water partition coefficient (Wildman–Crippen LogP) is 1.81. The highest BCUT2D eigenvalue weighted by Gasteiger charge is 2.33. The standard InChI is InChI=1S/C15H22N2O2S.ClH/c18-20(19,11-9-13-4-2-1-3-5-13)17-10-8-14-6-7-15(12-17)16-14;/h1-5,14-16H,6-12H2;1H. The summed E-state index contributed by atoms with van der Waals surface area (Å²) in [5.74, 6) is 0.217. The molecule has 2 heterocycles. The first kappa shape index (κ1) is 16.7. The Morgan fingerprint density at radius 3 is 2.57 bits per heavy atom. The molecule has 3 rings (SSSR count). The van der Waals surface area contributed by atoms with Crippen molar-refractivity contribution < 1.29 is 8.42 Å². The minimum atomic E-state index is -3.13. The van der Waals surface area contributed by atoms with Gasteiger partial charge in [-0.05, 0) is 31.2 Å². The predicted molar refractivity (Wildman–Crippen MR) is 87.3 cm³/mol. The SMILES string of the molecule is Cl.O=S(=O)(CCc1ccccc1)N1CCC2CCC(C1)N2. The topological polar surface area (TPSA) is 49.4 Å². The Morgan fingerprint density at radius 2 is 1.81 bits per heavy atom. The molecule has 2 aliphatic rings. The Labute approximate surface area is 133 Å². The van der Waals surface area contributed by atoms with Crippen molar-refractivity contribution in [2.75, 3.05) is 18.8 Å². The molecular weight excluding hydrogens is 308 g/mol.